The maximum absolute atomic E-state index is 12.2. The molecular weight excluding hydrogens is 238 g/mol. The fourth-order valence-corrected chi connectivity index (χ4v) is 2.53. The Kier molecular flexibility index (Phi) is 4.64. The van der Waals surface area contributed by atoms with E-state index >= 15 is 0 Å². The van der Waals surface area contributed by atoms with Gasteiger partial charge in [0.05, 0.1) is 0 Å². The van der Waals surface area contributed by atoms with Crippen LogP contribution in [0.25, 0.3) is 0 Å². The third-order valence-corrected chi connectivity index (χ3v) is 3.77. The topological polar surface area (TPSA) is 51.3 Å². The van der Waals surface area contributed by atoms with Gasteiger partial charge in [0, 0.05) is 31.0 Å². The van der Waals surface area contributed by atoms with E-state index in [1.807, 2.05) is 27.9 Å². The summed E-state index contributed by atoms with van der Waals surface area (Å²) in [4.78, 5) is 14.2. The molecule has 0 aromatic carbocycles. The van der Waals surface area contributed by atoms with Gasteiger partial charge in [-0.1, -0.05) is 13.3 Å². The van der Waals surface area contributed by atoms with E-state index in [1.165, 1.54) is 0 Å². The van der Waals surface area contributed by atoms with Crippen LogP contribution in [-0.2, 0) is 11.3 Å². The van der Waals surface area contributed by atoms with E-state index in [4.69, 9.17) is 5.73 Å². The quantitative estimate of drug-likeness (QED) is 0.820. The monoisotopic (exact) mass is 263 g/mol. The van der Waals surface area contributed by atoms with Gasteiger partial charge < -0.3 is 15.2 Å². The fraction of sp³-hybridized carbons (Fsp3) is 0.667. The van der Waals surface area contributed by atoms with Crippen LogP contribution in [0.15, 0.2) is 18.5 Å². The number of nitrogens with zero attached hydrogens (tertiary/aromatic N) is 2. The maximum atomic E-state index is 12.2. The van der Waals surface area contributed by atoms with Crippen LogP contribution < -0.4 is 5.73 Å². The molecule has 1 fully saturated rings. The molecule has 4 nitrogen and oxygen atoms in total. The van der Waals surface area contributed by atoms with Gasteiger partial charge in [-0.15, -0.1) is 0 Å². The Morgan fingerprint density at radius 1 is 1.53 bits per heavy atom. The van der Waals surface area contributed by atoms with E-state index in [0.717, 1.165) is 37.8 Å². The van der Waals surface area contributed by atoms with Crippen LogP contribution >= 0.6 is 0 Å². The van der Waals surface area contributed by atoms with Gasteiger partial charge in [0.2, 0.25) is 5.91 Å². The van der Waals surface area contributed by atoms with Crippen molar-refractivity contribution in [3.63, 3.8) is 0 Å². The minimum atomic E-state index is 0.0899. The zero-order valence-corrected chi connectivity index (χ0v) is 12.0. The Hall–Kier alpha value is -1.29. The molecule has 1 aromatic heterocycles. The second-order valence-electron chi connectivity index (χ2n) is 5.42. The number of carbonyl (C=O) groups is 1. The predicted octanol–water partition coefficient (Wildman–Crippen LogP) is 2.30. The number of nitrogens with two attached hydrogens (primary N) is 1. The van der Waals surface area contributed by atoms with Crippen LogP contribution in [0.4, 0.5) is 0 Å². The maximum Gasteiger partial charge on any atom is 0.242 e. The second-order valence-corrected chi connectivity index (χ2v) is 5.42. The Bertz CT molecular complexity index is 423. The first-order valence-corrected chi connectivity index (χ1v) is 7.36. The second kappa shape index (κ2) is 6.24. The van der Waals surface area contributed by atoms with Crippen molar-refractivity contribution in [1.82, 2.24) is 9.47 Å². The molecule has 0 spiro atoms. The lowest BCUT2D eigenvalue weighted by Gasteiger charge is -2.20. The van der Waals surface area contributed by atoms with Gasteiger partial charge in [-0.2, -0.15) is 0 Å². The number of likely N-dealkylation sites (N-methyl/N-ethyl adjacent to an activating group) is 1. The van der Waals surface area contributed by atoms with E-state index in [1.54, 1.807) is 0 Å². The summed E-state index contributed by atoms with van der Waals surface area (Å²) in [5.41, 5.74) is 7.21. The molecule has 2 N–H and O–H groups in total. The van der Waals surface area contributed by atoms with E-state index in [2.05, 4.69) is 13.8 Å². The van der Waals surface area contributed by atoms with Crippen LogP contribution in [0, 0.1) is 0 Å². The predicted molar refractivity (Wildman–Crippen MR) is 76.7 cm³/mol. The fourth-order valence-electron chi connectivity index (χ4n) is 2.53. The van der Waals surface area contributed by atoms with Gasteiger partial charge in [-0.3, -0.25) is 4.79 Å². The van der Waals surface area contributed by atoms with Crippen LogP contribution in [0.1, 0.15) is 51.1 Å². The summed E-state index contributed by atoms with van der Waals surface area (Å²) in [5, 5.41) is 0. The number of hydrogen-bond acceptors (Lipinski definition) is 2. The summed E-state index contributed by atoms with van der Waals surface area (Å²) in [5.74, 6) is 0.219. The normalized spacial score (nSPS) is 16.4. The minimum absolute atomic E-state index is 0.0899. The highest BCUT2D eigenvalue weighted by Gasteiger charge is 2.31. The summed E-state index contributed by atoms with van der Waals surface area (Å²) in [6.45, 7) is 5.43. The zero-order chi connectivity index (χ0) is 13.8. The third-order valence-electron chi connectivity index (χ3n) is 3.77. The van der Waals surface area contributed by atoms with Gasteiger partial charge in [-0.25, -0.2) is 0 Å². The molecule has 0 aliphatic heterocycles. The van der Waals surface area contributed by atoms with Crippen molar-refractivity contribution in [3.8, 4) is 0 Å². The molecular formula is C15H25N3O. The van der Waals surface area contributed by atoms with Gasteiger partial charge in [0.25, 0.3) is 0 Å². The van der Waals surface area contributed by atoms with Gasteiger partial charge >= 0.3 is 0 Å². The molecule has 0 saturated heterocycles. The molecule has 1 aromatic rings. The molecule has 1 aliphatic carbocycles. The first kappa shape index (κ1) is 14.1. The van der Waals surface area contributed by atoms with Crippen molar-refractivity contribution < 1.29 is 4.79 Å². The Balaban J connectivity index is 1.93. The number of rotatable bonds is 7. The van der Waals surface area contributed by atoms with Crippen molar-refractivity contribution in [2.75, 3.05) is 6.54 Å². The number of carbonyl (C=O) groups excluding carboxylic acids is 1. The SMILES string of the molecule is CCCC(N)c1ccn(CC(=O)N(CC)C2CC2)c1. The molecule has 1 unspecified atom stereocenters. The highest BCUT2D eigenvalue weighted by atomic mass is 16.2. The molecule has 1 atom stereocenters. The highest BCUT2D eigenvalue weighted by Crippen LogP contribution is 2.26. The molecule has 0 bridgehead atoms. The molecule has 106 valence electrons. The molecule has 19 heavy (non-hydrogen) atoms. The zero-order valence-electron chi connectivity index (χ0n) is 12.0. The first-order valence-electron chi connectivity index (χ1n) is 7.36. The van der Waals surface area contributed by atoms with Crippen molar-refractivity contribution in [2.45, 2.75) is 58.2 Å². The van der Waals surface area contributed by atoms with Gasteiger partial charge in [0.1, 0.15) is 6.54 Å². The minimum Gasteiger partial charge on any atom is -0.345 e. The molecule has 0 radical (unpaired) electrons. The molecule has 2 rings (SSSR count). The average molecular weight is 263 g/mol. The van der Waals surface area contributed by atoms with Crippen molar-refractivity contribution in [1.29, 1.82) is 0 Å². The van der Waals surface area contributed by atoms with Crippen LogP contribution in [0.3, 0.4) is 0 Å². The summed E-state index contributed by atoms with van der Waals surface area (Å²) in [6.07, 6.45) is 8.37. The van der Waals surface area contributed by atoms with Gasteiger partial charge in [0.15, 0.2) is 0 Å². The molecule has 4 heteroatoms. The van der Waals surface area contributed by atoms with Crippen LogP contribution in [-0.4, -0.2) is 28.0 Å². The Labute approximate surface area is 115 Å². The van der Waals surface area contributed by atoms with E-state index < -0.39 is 0 Å². The van der Waals surface area contributed by atoms with E-state index in [0.29, 0.717) is 12.6 Å². The van der Waals surface area contributed by atoms with Crippen molar-refractivity contribution in [2.24, 2.45) is 5.73 Å². The third kappa shape index (κ3) is 3.60. The lowest BCUT2D eigenvalue weighted by Crippen LogP contribution is -2.35. The van der Waals surface area contributed by atoms with Crippen molar-refractivity contribution in [3.05, 3.63) is 24.0 Å². The summed E-state index contributed by atoms with van der Waals surface area (Å²) < 4.78 is 1.96. The average Bonchev–Trinajstić information content (AvgIpc) is 3.09. The first-order chi connectivity index (χ1) is 9.15. The Morgan fingerprint density at radius 2 is 2.26 bits per heavy atom. The number of hydrogen-bond donors (Lipinski definition) is 1. The van der Waals surface area contributed by atoms with E-state index in [9.17, 15) is 4.79 Å². The molecule has 1 aliphatic rings. The highest BCUT2D eigenvalue weighted by molar-refractivity contribution is 5.76. The smallest absolute Gasteiger partial charge is 0.242 e. The standard InChI is InChI=1S/C15H25N3O/c1-3-5-14(16)12-8-9-17(10-12)11-15(19)18(4-2)13-6-7-13/h8-10,13-14H,3-7,11,16H2,1-2H3. The molecule has 1 saturated carbocycles. The number of amides is 1. The Morgan fingerprint density at radius 3 is 2.84 bits per heavy atom. The van der Waals surface area contributed by atoms with Crippen LogP contribution in [0.2, 0.25) is 0 Å². The van der Waals surface area contributed by atoms with Crippen molar-refractivity contribution >= 4 is 5.91 Å². The van der Waals surface area contributed by atoms with Crippen LogP contribution in [0.5, 0.6) is 0 Å². The largest absolute Gasteiger partial charge is 0.345 e. The summed E-state index contributed by atoms with van der Waals surface area (Å²) in [6, 6.07) is 2.61. The summed E-state index contributed by atoms with van der Waals surface area (Å²) >= 11 is 0. The lowest BCUT2D eigenvalue weighted by molar-refractivity contribution is -0.132. The molecule has 1 heterocycles. The number of aromatic nitrogens is 1. The van der Waals surface area contributed by atoms with E-state index in [-0.39, 0.29) is 11.9 Å². The molecule has 1 amide bonds. The summed E-state index contributed by atoms with van der Waals surface area (Å²) in [7, 11) is 0. The lowest BCUT2D eigenvalue weighted by atomic mass is 10.1. The van der Waals surface area contributed by atoms with Gasteiger partial charge in [-0.05, 0) is 37.8 Å².